The Hall–Kier alpha value is -3.60. The number of fused-ring (bicyclic) bond motifs is 2. The zero-order chi connectivity index (χ0) is 18.8. The summed E-state index contributed by atoms with van der Waals surface area (Å²) in [4.78, 5) is 22.5. The molecule has 0 saturated heterocycles. The maximum absolute atomic E-state index is 11.7. The molecule has 3 aromatic rings. The molecule has 134 valence electrons. The Morgan fingerprint density at radius 3 is 2.11 bits per heavy atom. The molecule has 2 aliphatic rings. The molecule has 5 rings (SSSR count). The van der Waals surface area contributed by atoms with Crippen LogP contribution in [0.5, 0.6) is 0 Å². The number of nitrogens with two attached hydrogens (primary N) is 1. The first-order chi connectivity index (χ1) is 13.1. The topological polar surface area (TPSA) is 78.6 Å². The average Bonchev–Trinajstić information content (AvgIpc) is 3.24. The van der Waals surface area contributed by atoms with Gasteiger partial charge in [-0.3, -0.25) is 0 Å². The summed E-state index contributed by atoms with van der Waals surface area (Å²) in [6, 6.07) is 22.3. The van der Waals surface area contributed by atoms with Crippen LogP contribution >= 0.6 is 0 Å². The fourth-order valence-corrected chi connectivity index (χ4v) is 3.19. The van der Waals surface area contributed by atoms with Crippen LogP contribution in [0.2, 0.25) is 0 Å². The van der Waals surface area contributed by atoms with Crippen molar-refractivity contribution in [2.45, 2.75) is 12.7 Å². The largest absolute Gasteiger partial charge is 0.457 e. The molecule has 5 nitrogen and oxygen atoms in total. The van der Waals surface area contributed by atoms with Crippen LogP contribution in [-0.4, -0.2) is 11.9 Å². The van der Waals surface area contributed by atoms with Crippen molar-refractivity contribution in [3.8, 4) is 0 Å². The monoisotopic (exact) mass is 359 g/mol. The lowest BCUT2D eigenvalue weighted by Gasteiger charge is -2.13. The van der Waals surface area contributed by atoms with Gasteiger partial charge in [-0.15, -0.1) is 0 Å². The van der Waals surface area contributed by atoms with E-state index in [1.807, 2.05) is 60.7 Å². The van der Waals surface area contributed by atoms with Crippen molar-refractivity contribution in [1.29, 1.82) is 0 Å². The van der Waals surface area contributed by atoms with E-state index in [2.05, 4.69) is 0 Å². The molecule has 0 aromatic heterocycles. The number of anilines is 1. The van der Waals surface area contributed by atoms with Crippen molar-refractivity contribution in [1.82, 2.24) is 0 Å². The summed E-state index contributed by atoms with van der Waals surface area (Å²) in [5, 5.41) is 0. The third-order valence-corrected chi connectivity index (χ3v) is 4.56. The number of benzene rings is 3. The van der Waals surface area contributed by atoms with Crippen molar-refractivity contribution in [2.75, 3.05) is 5.73 Å². The molecule has 1 atom stereocenters. The normalized spacial score (nSPS) is 16.5. The minimum Gasteiger partial charge on any atom is -0.457 e. The number of cyclic esters (lactones) is 2. The zero-order valence-corrected chi connectivity index (χ0v) is 14.4. The second-order valence-electron chi connectivity index (χ2n) is 6.23. The molecule has 0 aliphatic carbocycles. The van der Waals surface area contributed by atoms with Gasteiger partial charge in [0.25, 0.3) is 0 Å². The fourth-order valence-electron chi connectivity index (χ4n) is 3.19. The number of ether oxygens (including phenoxy) is 2. The van der Waals surface area contributed by atoms with Gasteiger partial charge in [0.05, 0.1) is 11.1 Å². The fraction of sp³-hybridized carbons (Fsp3) is 0.0909. The molecule has 5 heteroatoms. The first-order valence-corrected chi connectivity index (χ1v) is 8.54. The molecule has 0 spiro atoms. The second-order valence-corrected chi connectivity index (χ2v) is 6.23. The highest BCUT2D eigenvalue weighted by atomic mass is 16.5. The van der Waals surface area contributed by atoms with E-state index in [4.69, 9.17) is 15.2 Å². The van der Waals surface area contributed by atoms with Gasteiger partial charge in [0, 0.05) is 22.4 Å². The molecule has 2 aliphatic heterocycles. The predicted octanol–water partition coefficient (Wildman–Crippen LogP) is 3.89. The van der Waals surface area contributed by atoms with Crippen LogP contribution in [0.1, 0.15) is 43.5 Å². The molecule has 0 radical (unpaired) electrons. The van der Waals surface area contributed by atoms with E-state index in [0.29, 0.717) is 23.4 Å². The van der Waals surface area contributed by atoms with E-state index in [-0.39, 0.29) is 18.0 Å². The summed E-state index contributed by atoms with van der Waals surface area (Å²) < 4.78 is 10.2. The minimum atomic E-state index is -0.375. The van der Waals surface area contributed by atoms with Gasteiger partial charge < -0.3 is 15.2 Å². The summed E-state index contributed by atoms with van der Waals surface area (Å²) in [7, 11) is 0. The second kappa shape index (κ2) is 6.96. The molecule has 0 bridgehead atoms. The highest BCUT2D eigenvalue weighted by Crippen LogP contribution is 2.37. The molecule has 3 aromatic carbocycles. The van der Waals surface area contributed by atoms with Gasteiger partial charge in [0.1, 0.15) is 6.61 Å². The Kier molecular flexibility index (Phi) is 4.34. The molecule has 2 N–H and O–H groups in total. The van der Waals surface area contributed by atoms with E-state index >= 15 is 0 Å². The summed E-state index contributed by atoms with van der Waals surface area (Å²) in [6.07, 6.45) is -0.375. The third-order valence-electron chi connectivity index (χ3n) is 4.56. The lowest BCUT2D eigenvalue weighted by atomic mass is 9.98. The molecular weight excluding hydrogens is 342 g/mol. The van der Waals surface area contributed by atoms with Crippen LogP contribution in [0.4, 0.5) is 5.69 Å². The van der Waals surface area contributed by atoms with E-state index in [9.17, 15) is 9.59 Å². The van der Waals surface area contributed by atoms with E-state index in [1.54, 1.807) is 12.1 Å². The van der Waals surface area contributed by atoms with E-state index in [1.165, 1.54) is 0 Å². The average molecular weight is 359 g/mol. The van der Waals surface area contributed by atoms with Crippen LogP contribution < -0.4 is 5.73 Å². The maximum atomic E-state index is 11.7. The third kappa shape index (κ3) is 3.15. The number of carbonyl (C=O) groups is 2. The number of para-hydroxylation sites is 1. The molecular formula is C22H17NO4. The predicted molar refractivity (Wildman–Crippen MR) is 100 cm³/mol. The highest BCUT2D eigenvalue weighted by Gasteiger charge is 2.32. The lowest BCUT2D eigenvalue weighted by Crippen LogP contribution is -2.04. The standard InChI is InChI=1S/C14H11NO2.C8H6O2/c15-12-8-4-3-7-11(12)13-9-5-1-2-6-10(9)14(16)17-13;9-8-7-4-2-1-3-6(7)5-10-8/h1-8,13H,15H2;1-4H,5H2. The lowest BCUT2D eigenvalue weighted by molar-refractivity contribution is 0.0456. The van der Waals surface area contributed by atoms with Gasteiger partial charge in [0.15, 0.2) is 6.10 Å². The Morgan fingerprint density at radius 1 is 0.741 bits per heavy atom. The van der Waals surface area contributed by atoms with Crippen LogP contribution in [0, 0.1) is 0 Å². The molecule has 1 unspecified atom stereocenters. The Bertz CT molecular complexity index is 1030. The van der Waals surface area contributed by atoms with Crippen LogP contribution in [-0.2, 0) is 16.1 Å². The quantitative estimate of drug-likeness (QED) is 0.527. The Labute approximate surface area is 156 Å². The Morgan fingerprint density at radius 2 is 1.37 bits per heavy atom. The van der Waals surface area contributed by atoms with Crippen LogP contribution in [0.3, 0.4) is 0 Å². The molecule has 2 heterocycles. The number of hydrogen-bond donors (Lipinski definition) is 1. The van der Waals surface area contributed by atoms with Crippen molar-refractivity contribution in [2.24, 2.45) is 0 Å². The summed E-state index contributed by atoms with van der Waals surface area (Å²) in [5.74, 6) is -0.482. The van der Waals surface area contributed by atoms with Crippen LogP contribution in [0.15, 0.2) is 72.8 Å². The molecule has 27 heavy (non-hydrogen) atoms. The van der Waals surface area contributed by atoms with Gasteiger partial charge in [-0.05, 0) is 18.2 Å². The van der Waals surface area contributed by atoms with Crippen molar-refractivity contribution in [3.05, 3.63) is 101 Å². The van der Waals surface area contributed by atoms with E-state index in [0.717, 1.165) is 16.7 Å². The first-order valence-electron chi connectivity index (χ1n) is 8.54. The molecule has 0 saturated carbocycles. The maximum Gasteiger partial charge on any atom is 0.339 e. The number of rotatable bonds is 1. The molecule has 0 fully saturated rings. The van der Waals surface area contributed by atoms with Crippen molar-refractivity contribution >= 4 is 17.6 Å². The van der Waals surface area contributed by atoms with Gasteiger partial charge in [0.2, 0.25) is 0 Å². The van der Waals surface area contributed by atoms with Crippen molar-refractivity contribution in [3.63, 3.8) is 0 Å². The zero-order valence-electron chi connectivity index (χ0n) is 14.4. The first kappa shape index (κ1) is 16.8. The number of carbonyl (C=O) groups excluding carboxylic acids is 2. The van der Waals surface area contributed by atoms with Gasteiger partial charge in [-0.2, -0.15) is 0 Å². The summed E-state index contributed by atoms with van der Waals surface area (Å²) in [6.45, 7) is 0.439. The highest BCUT2D eigenvalue weighted by molar-refractivity contribution is 5.94. The SMILES string of the molecule is Nc1ccccc1C1OC(=O)c2ccccc21.O=C1OCc2ccccc21. The summed E-state index contributed by atoms with van der Waals surface area (Å²) >= 11 is 0. The van der Waals surface area contributed by atoms with Gasteiger partial charge in [-0.1, -0.05) is 54.6 Å². The van der Waals surface area contributed by atoms with Gasteiger partial charge in [-0.25, -0.2) is 9.59 Å². The van der Waals surface area contributed by atoms with Crippen LogP contribution in [0.25, 0.3) is 0 Å². The van der Waals surface area contributed by atoms with E-state index < -0.39 is 0 Å². The molecule has 0 amide bonds. The van der Waals surface area contributed by atoms with Gasteiger partial charge >= 0.3 is 11.9 Å². The van der Waals surface area contributed by atoms with Crippen molar-refractivity contribution < 1.29 is 19.1 Å². The number of nitrogen functional groups attached to an aromatic ring is 1. The number of esters is 2. The summed E-state index contributed by atoms with van der Waals surface area (Å²) in [5.41, 5.74) is 10.6. The smallest absolute Gasteiger partial charge is 0.339 e. The number of hydrogen-bond acceptors (Lipinski definition) is 5. The Balaban J connectivity index is 0.000000153. The minimum absolute atomic E-state index is 0.199.